The third-order valence-electron chi connectivity index (χ3n) is 4.05. The molecule has 1 amide bonds. The molecule has 152 valence electrons. The highest BCUT2D eigenvalue weighted by molar-refractivity contribution is 8.05. The molecule has 6 nitrogen and oxygen atoms in total. The summed E-state index contributed by atoms with van der Waals surface area (Å²) in [5, 5.41) is 15.2. The summed E-state index contributed by atoms with van der Waals surface area (Å²) in [5.41, 5.74) is 2.45. The molecule has 0 aromatic heterocycles. The Kier molecular flexibility index (Phi) is 6.95. The number of hydrogen-bond acceptors (Lipinski definition) is 5. The Morgan fingerprint density at radius 2 is 1.93 bits per heavy atom. The van der Waals surface area contributed by atoms with Gasteiger partial charge in [-0.3, -0.25) is 4.79 Å². The number of carboxylic acids is 1. The molecule has 0 unspecified atom stereocenters. The zero-order valence-corrected chi connectivity index (χ0v) is 17.7. The van der Waals surface area contributed by atoms with Crippen LogP contribution in [0.3, 0.4) is 0 Å². The maximum atomic E-state index is 12.3. The lowest BCUT2D eigenvalue weighted by Gasteiger charge is -2.13. The number of carbonyl (C=O) groups excluding carboxylic acids is 1. The summed E-state index contributed by atoms with van der Waals surface area (Å²) < 4.78 is 5.10. The lowest BCUT2D eigenvalue weighted by molar-refractivity contribution is -0.139. The first kappa shape index (κ1) is 21.4. The van der Waals surface area contributed by atoms with E-state index in [2.05, 4.69) is 17.6 Å². The molecule has 3 rings (SSSR count). The van der Waals surface area contributed by atoms with Gasteiger partial charge in [0.25, 0.3) is 5.91 Å². The van der Waals surface area contributed by atoms with E-state index in [9.17, 15) is 9.59 Å². The molecular formula is C20H18Cl2N2O4S. The van der Waals surface area contributed by atoms with Crippen LogP contribution in [0.5, 0.6) is 5.75 Å². The van der Waals surface area contributed by atoms with Crippen molar-refractivity contribution in [3.8, 4) is 5.75 Å². The van der Waals surface area contributed by atoms with Crippen LogP contribution in [0, 0.1) is 0 Å². The summed E-state index contributed by atoms with van der Waals surface area (Å²) in [6.07, 6.45) is 2.63. The summed E-state index contributed by atoms with van der Waals surface area (Å²) in [6.45, 7) is 1.54. The van der Waals surface area contributed by atoms with E-state index < -0.39 is 12.6 Å². The van der Waals surface area contributed by atoms with Gasteiger partial charge in [-0.15, -0.1) is 0 Å². The highest BCUT2D eigenvalue weighted by Crippen LogP contribution is 2.36. The number of benzene rings is 2. The zero-order valence-electron chi connectivity index (χ0n) is 15.4. The number of thioether (sulfide) groups is 1. The van der Waals surface area contributed by atoms with E-state index >= 15 is 0 Å². The predicted octanol–water partition coefficient (Wildman–Crippen LogP) is 4.62. The molecule has 0 radical (unpaired) electrons. The lowest BCUT2D eigenvalue weighted by Crippen LogP contribution is -2.30. The van der Waals surface area contributed by atoms with Crippen molar-refractivity contribution >= 4 is 58.6 Å². The van der Waals surface area contributed by atoms with Crippen LogP contribution in [-0.4, -0.2) is 29.1 Å². The number of anilines is 1. The molecule has 2 aromatic carbocycles. The Morgan fingerprint density at radius 3 is 2.52 bits per heavy atom. The van der Waals surface area contributed by atoms with E-state index in [1.807, 2.05) is 24.3 Å². The van der Waals surface area contributed by atoms with Gasteiger partial charge in [0.1, 0.15) is 0 Å². The summed E-state index contributed by atoms with van der Waals surface area (Å²) in [5.74, 6) is -1.25. The molecule has 29 heavy (non-hydrogen) atoms. The second-order valence-corrected chi connectivity index (χ2v) is 8.13. The van der Waals surface area contributed by atoms with Crippen LogP contribution < -0.4 is 15.4 Å². The Labute approximate surface area is 182 Å². The van der Waals surface area contributed by atoms with Crippen molar-refractivity contribution in [1.82, 2.24) is 5.32 Å². The molecule has 0 saturated carbocycles. The van der Waals surface area contributed by atoms with Crippen LogP contribution >= 0.6 is 35.0 Å². The fourth-order valence-electron chi connectivity index (χ4n) is 2.64. The topological polar surface area (TPSA) is 87.7 Å². The molecule has 1 atom stereocenters. The molecular weight excluding hydrogens is 435 g/mol. The quantitative estimate of drug-likeness (QED) is 0.531. The molecule has 1 saturated heterocycles. The average Bonchev–Trinajstić information content (AvgIpc) is 3.00. The van der Waals surface area contributed by atoms with Crippen molar-refractivity contribution in [2.75, 3.05) is 11.9 Å². The number of nitrogens with one attached hydrogen (secondary N) is 2. The van der Waals surface area contributed by atoms with Crippen LogP contribution in [-0.2, 0) is 16.0 Å². The highest BCUT2D eigenvalue weighted by atomic mass is 35.5. The summed E-state index contributed by atoms with van der Waals surface area (Å²) >= 11 is 13.6. The summed E-state index contributed by atoms with van der Waals surface area (Å²) in [7, 11) is 0. The number of carboxylic acid groups (broad SMARTS) is 1. The van der Waals surface area contributed by atoms with Gasteiger partial charge in [-0.2, -0.15) is 0 Å². The number of aliphatic carboxylic acids is 1. The zero-order chi connectivity index (χ0) is 21.0. The van der Waals surface area contributed by atoms with Gasteiger partial charge in [-0.25, -0.2) is 4.79 Å². The number of hydrogen-bond donors (Lipinski definition) is 3. The minimum Gasteiger partial charge on any atom is -0.479 e. The normalized spacial score (nSPS) is 17.3. The van der Waals surface area contributed by atoms with Gasteiger partial charge in [-0.05, 0) is 47.9 Å². The van der Waals surface area contributed by atoms with E-state index in [-0.39, 0.29) is 27.2 Å². The van der Waals surface area contributed by atoms with Crippen LogP contribution in [0.25, 0.3) is 6.08 Å². The minimum atomic E-state index is -1.13. The van der Waals surface area contributed by atoms with Crippen molar-refractivity contribution in [2.24, 2.45) is 0 Å². The van der Waals surface area contributed by atoms with E-state index in [0.29, 0.717) is 10.5 Å². The van der Waals surface area contributed by atoms with Crippen molar-refractivity contribution in [2.45, 2.75) is 18.8 Å². The monoisotopic (exact) mass is 452 g/mol. The fourth-order valence-corrected chi connectivity index (χ4v) is 4.24. The molecule has 1 aliphatic heterocycles. The lowest BCUT2D eigenvalue weighted by atomic mass is 10.1. The molecule has 2 aromatic rings. The second-order valence-electron chi connectivity index (χ2n) is 6.17. The molecule has 1 heterocycles. The van der Waals surface area contributed by atoms with Gasteiger partial charge in [0.2, 0.25) is 0 Å². The molecule has 1 aliphatic rings. The number of halogens is 2. The van der Waals surface area contributed by atoms with Gasteiger partial charge in [0.15, 0.2) is 17.9 Å². The average molecular weight is 453 g/mol. The Morgan fingerprint density at radius 1 is 1.28 bits per heavy atom. The SMILES string of the molecule is CCc1ccc(N[C@@H]2NC(=O)/C(=C/c3cc(Cl)c(OCC(=O)O)c(Cl)c3)S2)cc1. The van der Waals surface area contributed by atoms with Gasteiger partial charge in [0, 0.05) is 5.69 Å². The van der Waals surface area contributed by atoms with Crippen LogP contribution in [0.1, 0.15) is 18.1 Å². The predicted molar refractivity (Wildman–Crippen MR) is 117 cm³/mol. The second kappa shape index (κ2) is 9.43. The first-order chi connectivity index (χ1) is 13.9. The van der Waals surface area contributed by atoms with Crippen molar-refractivity contribution in [1.29, 1.82) is 0 Å². The smallest absolute Gasteiger partial charge is 0.341 e. The number of ether oxygens (including phenoxy) is 1. The van der Waals surface area contributed by atoms with Crippen LogP contribution in [0.4, 0.5) is 5.69 Å². The molecule has 3 N–H and O–H groups in total. The fraction of sp³-hybridized carbons (Fsp3) is 0.200. The van der Waals surface area contributed by atoms with Gasteiger partial charge < -0.3 is 20.5 Å². The molecule has 1 fully saturated rings. The Balaban J connectivity index is 1.71. The summed E-state index contributed by atoms with van der Waals surface area (Å²) in [4.78, 5) is 23.4. The molecule has 9 heteroatoms. The Bertz CT molecular complexity index is 940. The maximum absolute atomic E-state index is 12.3. The van der Waals surface area contributed by atoms with Crippen molar-refractivity contribution in [3.05, 3.63) is 62.5 Å². The largest absolute Gasteiger partial charge is 0.479 e. The van der Waals surface area contributed by atoms with Gasteiger partial charge >= 0.3 is 5.97 Å². The minimum absolute atomic E-state index is 0.0940. The van der Waals surface area contributed by atoms with Gasteiger partial charge in [-0.1, -0.05) is 54.0 Å². The molecule has 0 bridgehead atoms. The third kappa shape index (κ3) is 5.59. The number of amides is 1. The first-order valence-corrected chi connectivity index (χ1v) is 10.4. The standard InChI is InChI=1S/C20H18Cl2N2O4S/c1-2-11-3-5-13(6-4-11)23-20-24-19(27)16(29-20)9-12-7-14(21)18(15(22)8-12)28-10-17(25)26/h3-9,20,23H,2,10H2,1H3,(H,24,27)(H,25,26)/b16-9-/t20-/m1/s1. The van der Waals surface area contributed by atoms with E-state index in [4.69, 9.17) is 33.0 Å². The number of rotatable bonds is 7. The van der Waals surface area contributed by atoms with Gasteiger partial charge in [0.05, 0.1) is 15.0 Å². The number of carbonyl (C=O) groups is 2. The van der Waals surface area contributed by atoms with Crippen molar-refractivity contribution < 1.29 is 19.4 Å². The van der Waals surface area contributed by atoms with Crippen LogP contribution in [0.15, 0.2) is 41.3 Å². The van der Waals surface area contributed by atoms with E-state index in [1.165, 1.54) is 17.3 Å². The Hall–Kier alpha value is -2.35. The highest BCUT2D eigenvalue weighted by Gasteiger charge is 2.27. The van der Waals surface area contributed by atoms with E-state index in [0.717, 1.165) is 12.1 Å². The van der Waals surface area contributed by atoms with Crippen LogP contribution in [0.2, 0.25) is 10.0 Å². The maximum Gasteiger partial charge on any atom is 0.341 e. The molecule has 0 spiro atoms. The first-order valence-electron chi connectivity index (χ1n) is 8.74. The molecule has 0 aliphatic carbocycles. The van der Waals surface area contributed by atoms with E-state index in [1.54, 1.807) is 18.2 Å². The summed E-state index contributed by atoms with van der Waals surface area (Å²) in [6, 6.07) is 11.2. The number of aryl methyl sites for hydroxylation is 1. The third-order valence-corrected chi connectivity index (χ3v) is 5.64. The van der Waals surface area contributed by atoms with Crippen molar-refractivity contribution in [3.63, 3.8) is 0 Å².